The normalized spacial score (nSPS) is 10.9. The molecule has 0 heterocycles. The van der Waals surface area contributed by atoms with Crippen molar-refractivity contribution < 1.29 is 10.2 Å². The minimum atomic E-state index is 0.0741. The second-order valence-corrected chi connectivity index (χ2v) is 3.99. The molecule has 0 aliphatic carbocycles. The van der Waals surface area contributed by atoms with Crippen molar-refractivity contribution in [1.29, 1.82) is 0 Å². The van der Waals surface area contributed by atoms with Crippen molar-refractivity contribution in [3.05, 3.63) is 29.3 Å². The molecule has 0 amide bonds. The van der Waals surface area contributed by atoms with Crippen LogP contribution in [0.25, 0.3) is 0 Å². The van der Waals surface area contributed by atoms with E-state index in [-0.39, 0.29) is 12.4 Å². The molecule has 1 aromatic rings. The molecule has 0 aromatic heterocycles. The van der Waals surface area contributed by atoms with Crippen LogP contribution in [0.2, 0.25) is 0 Å². The Kier molecular flexibility index (Phi) is 4.59. The summed E-state index contributed by atoms with van der Waals surface area (Å²) in [6.45, 7) is 1.06. The molecule has 0 atom stereocenters. The van der Waals surface area contributed by atoms with Gasteiger partial charge in [0, 0.05) is 13.2 Å². The standard InChI is InChI=1S/C12H19NO2/c1-13(2)7-5-10-3-4-12(15)11(9-10)6-8-14/h3-4,9,14-15H,5-8H2,1-2H3. The summed E-state index contributed by atoms with van der Waals surface area (Å²) in [7, 11) is 4.07. The molecule has 2 N–H and O–H groups in total. The van der Waals surface area contributed by atoms with Gasteiger partial charge in [0.05, 0.1) is 0 Å². The van der Waals surface area contributed by atoms with Gasteiger partial charge in [0.15, 0.2) is 0 Å². The molecule has 0 saturated heterocycles. The van der Waals surface area contributed by atoms with Gasteiger partial charge in [-0.25, -0.2) is 0 Å². The quantitative estimate of drug-likeness (QED) is 0.761. The van der Waals surface area contributed by atoms with Crippen molar-refractivity contribution in [3.63, 3.8) is 0 Å². The summed E-state index contributed by atoms with van der Waals surface area (Å²) in [5.74, 6) is 0.276. The van der Waals surface area contributed by atoms with Gasteiger partial charge in [0.2, 0.25) is 0 Å². The van der Waals surface area contributed by atoms with Gasteiger partial charge in [-0.1, -0.05) is 12.1 Å². The summed E-state index contributed by atoms with van der Waals surface area (Å²) in [4.78, 5) is 2.12. The van der Waals surface area contributed by atoms with Gasteiger partial charge in [-0.3, -0.25) is 0 Å². The topological polar surface area (TPSA) is 43.7 Å². The molecule has 3 nitrogen and oxygen atoms in total. The highest BCUT2D eigenvalue weighted by Gasteiger charge is 2.02. The lowest BCUT2D eigenvalue weighted by Gasteiger charge is -2.10. The van der Waals surface area contributed by atoms with Crippen LogP contribution in [0.4, 0.5) is 0 Å². The Morgan fingerprint density at radius 1 is 1.20 bits per heavy atom. The van der Waals surface area contributed by atoms with E-state index in [4.69, 9.17) is 5.11 Å². The highest BCUT2D eigenvalue weighted by atomic mass is 16.3. The van der Waals surface area contributed by atoms with Crippen LogP contribution in [0.15, 0.2) is 18.2 Å². The van der Waals surface area contributed by atoms with Crippen molar-refractivity contribution >= 4 is 0 Å². The van der Waals surface area contributed by atoms with E-state index in [0.29, 0.717) is 6.42 Å². The van der Waals surface area contributed by atoms with E-state index >= 15 is 0 Å². The predicted molar refractivity (Wildman–Crippen MR) is 61.2 cm³/mol. The fourth-order valence-corrected chi connectivity index (χ4v) is 1.47. The molecule has 0 unspecified atom stereocenters. The second-order valence-electron chi connectivity index (χ2n) is 3.99. The van der Waals surface area contributed by atoms with Gasteiger partial charge in [-0.2, -0.15) is 0 Å². The van der Waals surface area contributed by atoms with Crippen LogP contribution in [-0.2, 0) is 12.8 Å². The number of likely N-dealkylation sites (N-methyl/N-ethyl adjacent to an activating group) is 1. The van der Waals surface area contributed by atoms with Gasteiger partial charge in [0.25, 0.3) is 0 Å². The van der Waals surface area contributed by atoms with Crippen LogP contribution >= 0.6 is 0 Å². The first kappa shape index (κ1) is 12.0. The molecule has 1 rings (SSSR count). The average molecular weight is 209 g/mol. The second kappa shape index (κ2) is 5.73. The van der Waals surface area contributed by atoms with Gasteiger partial charge < -0.3 is 15.1 Å². The van der Waals surface area contributed by atoms with Crippen LogP contribution in [0.3, 0.4) is 0 Å². The lowest BCUT2D eigenvalue weighted by molar-refractivity contribution is 0.297. The lowest BCUT2D eigenvalue weighted by atomic mass is 10.0. The zero-order valence-corrected chi connectivity index (χ0v) is 9.40. The average Bonchev–Trinajstić information content (AvgIpc) is 2.19. The molecular formula is C12H19NO2. The number of phenols is 1. The molecule has 1 aromatic carbocycles. The third-order valence-corrected chi connectivity index (χ3v) is 2.37. The zero-order valence-electron chi connectivity index (χ0n) is 9.40. The van der Waals surface area contributed by atoms with Crippen LogP contribution in [-0.4, -0.2) is 42.4 Å². The van der Waals surface area contributed by atoms with E-state index in [1.807, 2.05) is 26.2 Å². The first-order chi connectivity index (χ1) is 7.13. The number of aromatic hydroxyl groups is 1. The SMILES string of the molecule is CN(C)CCc1ccc(O)c(CCO)c1. The fourth-order valence-electron chi connectivity index (χ4n) is 1.47. The number of hydrogen-bond acceptors (Lipinski definition) is 3. The van der Waals surface area contributed by atoms with Gasteiger partial charge in [0.1, 0.15) is 5.75 Å². The number of rotatable bonds is 5. The lowest BCUT2D eigenvalue weighted by Crippen LogP contribution is -2.15. The Labute approximate surface area is 91.0 Å². The molecule has 0 saturated carbocycles. The highest BCUT2D eigenvalue weighted by molar-refractivity contribution is 5.36. The minimum absolute atomic E-state index is 0.0741. The summed E-state index contributed by atoms with van der Waals surface area (Å²) >= 11 is 0. The molecule has 84 valence electrons. The summed E-state index contributed by atoms with van der Waals surface area (Å²) in [5, 5.41) is 18.4. The van der Waals surface area contributed by atoms with Crippen molar-refractivity contribution in [1.82, 2.24) is 4.90 Å². The summed E-state index contributed by atoms with van der Waals surface area (Å²) in [6, 6.07) is 5.60. The highest BCUT2D eigenvalue weighted by Crippen LogP contribution is 2.19. The first-order valence-electron chi connectivity index (χ1n) is 5.20. The maximum Gasteiger partial charge on any atom is 0.118 e. The van der Waals surface area contributed by atoms with Gasteiger partial charge in [-0.05, 0) is 44.1 Å². The number of aliphatic hydroxyl groups is 1. The smallest absolute Gasteiger partial charge is 0.118 e. The van der Waals surface area contributed by atoms with Gasteiger partial charge in [-0.15, -0.1) is 0 Å². The summed E-state index contributed by atoms with van der Waals surface area (Å²) in [5.41, 5.74) is 2.03. The molecule has 0 spiro atoms. The zero-order chi connectivity index (χ0) is 11.3. The van der Waals surface area contributed by atoms with E-state index < -0.39 is 0 Å². The van der Waals surface area contributed by atoms with Crippen LogP contribution in [0, 0.1) is 0 Å². The number of hydrogen-bond donors (Lipinski definition) is 2. The third-order valence-electron chi connectivity index (χ3n) is 2.37. The van der Waals surface area contributed by atoms with Crippen molar-refractivity contribution in [2.45, 2.75) is 12.8 Å². The Morgan fingerprint density at radius 3 is 2.53 bits per heavy atom. The molecule has 3 heteroatoms. The van der Waals surface area contributed by atoms with Gasteiger partial charge >= 0.3 is 0 Å². The number of aliphatic hydroxyl groups excluding tert-OH is 1. The van der Waals surface area contributed by atoms with E-state index in [1.54, 1.807) is 6.07 Å². The van der Waals surface area contributed by atoms with Crippen molar-refractivity contribution in [2.24, 2.45) is 0 Å². The third kappa shape index (κ3) is 3.90. The largest absolute Gasteiger partial charge is 0.508 e. The predicted octanol–water partition coefficient (Wildman–Crippen LogP) is 1.03. The van der Waals surface area contributed by atoms with E-state index in [0.717, 1.165) is 18.5 Å². The number of benzene rings is 1. The molecule has 15 heavy (non-hydrogen) atoms. The molecule has 0 aliphatic heterocycles. The fraction of sp³-hybridized carbons (Fsp3) is 0.500. The molecule has 0 radical (unpaired) electrons. The molecule has 0 aliphatic rings. The van der Waals surface area contributed by atoms with E-state index in [1.165, 1.54) is 5.56 Å². The Hall–Kier alpha value is -1.06. The van der Waals surface area contributed by atoms with Crippen molar-refractivity contribution in [2.75, 3.05) is 27.2 Å². The maximum absolute atomic E-state index is 9.52. The Bertz CT molecular complexity index is 310. The van der Waals surface area contributed by atoms with E-state index in [2.05, 4.69) is 4.90 Å². The van der Waals surface area contributed by atoms with Crippen LogP contribution in [0.5, 0.6) is 5.75 Å². The summed E-state index contributed by atoms with van der Waals surface area (Å²) < 4.78 is 0. The first-order valence-corrected chi connectivity index (χ1v) is 5.20. The van der Waals surface area contributed by atoms with Crippen LogP contribution < -0.4 is 0 Å². The van der Waals surface area contributed by atoms with Crippen molar-refractivity contribution in [3.8, 4) is 5.75 Å². The summed E-state index contributed by atoms with van der Waals surface area (Å²) in [6.07, 6.45) is 1.48. The maximum atomic E-state index is 9.52. The monoisotopic (exact) mass is 209 g/mol. The Balaban J connectivity index is 2.69. The van der Waals surface area contributed by atoms with Crippen LogP contribution in [0.1, 0.15) is 11.1 Å². The van der Waals surface area contributed by atoms with E-state index in [9.17, 15) is 5.11 Å². The molecule has 0 fully saturated rings. The number of nitrogens with zero attached hydrogens (tertiary/aromatic N) is 1. The molecule has 0 bridgehead atoms. The molecular weight excluding hydrogens is 190 g/mol. The minimum Gasteiger partial charge on any atom is -0.508 e. The Morgan fingerprint density at radius 2 is 1.93 bits per heavy atom. The number of phenolic OH excluding ortho intramolecular Hbond substituents is 1.